The van der Waals surface area contributed by atoms with E-state index in [1.807, 2.05) is 41.2 Å². The number of halogens is 2. The minimum atomic E-state index is -0.713. The highest BCUT2D eigenvalue weighted by Gasteiger charge is 2.09. The SMILES string of the molecule is O=C(NCc1cccc(Cn2cccn2)c1)NCc1cnn(-c2ccc(F)cc2F)c1. The first-order valence-electron chi connectivity index (χ1n) is 9.63. The zero-order chi connectivity index (χ0) is 21.6. The standard InChI is InChI=1S/C22H20F2N6O/c23-19-5-6-21(20(24)10-19)30-15-18(13-28-30)12-26-22(31)25-11-16-3-1-4-17(9-16)14-29-8-2-7-27-29/h1-10,13,15H,11-12,14H2,(H2,25,26,31). The molecule has 0 saturated carbocycles. The lowest BCUT2D eigenvalue weighted by molar-refractivity contribution is 0.240. The molecule has 4 aromatic rings. The molecule has 31 heavy (non-hydrogen) atoms. The summed E-state index contributed by atoms with van der Waals surface area (Å²) in [5.41, 5.74) is 2.87. The van der Waals surface area contributed by atoms with Gasteiger partial charge in [0.05, 0.1) is 12.7 Å². The molecule has 4 rings (SSSR count). The summed E-state index contributed by atoms with van der Waals surface area (Å²) in [6, 6.07) is 12.7. The lowest BCUT2D eigenvalue weighted by Crippen LogP contribution is -2.34. The maximum Gasteiger partial charge on any atom is 0.315 e. The van der Waals surface area contributed by atoms with E-state index in [2.05, 4.69) is 20.8 Å². The molecule has 2 aromatic carbocycles. The van der Waals surface area contributed by atoms with Gasteiger partial charge in [0.15, 0.2) is 5.82 Å². The first kappa shape index (κ1) is 20.3. The number of carbonyl (C=O) groups is 1. The van der Waals surface area contributed by atoms with Gasteiger partial charge in [-0.1, -0.05) is 24.3 Å². The Morgan fingerprint density at radius 2 is 1.74 bits per heavy atom. The zero-order valence-electron chi connectivity index (χ0n) is 16.5. The molecule has 0 radical (unpaired) electrons. The molecular formula is C22H20F2N6O. The maximum absolute atomic E-state index is 13.9. The van der Waals surface area contributed by atoms with Gasteiger partial charge in [0.25, 0.3) is 0 Å². The highest BCUT2D eigenvalue weighted by atomic mass is 19.1. The average molecular weight is 422 g/mol. The molecule has 2 N–H and O–H groups in total. The predicted octanol–water partition coefficient (Wildman–Crippen LogP) is 3.39. The highest BCUT2D eigenvalue weighted by molar-refractivity contribution is 5.73. The number of nitrogens with zero attached hydrogens (tertiary/aromatic N) is 4. The number of nitrogens with one attached hydrogen (secondary N) is 2. The largest absolute Gasteiger partial charge is 0.334 e. The molecule has 0 fully saturated rings. The molecule has 7 nitrogen and oxygen atoms in total. The van der Waals surface area contributed by atoms with Crippen LogP contribution in [-0.4, -0.2) is 25.6 Å². The molecule has 0 saturated heterocycles. The third-order valence-electron chi connectivity index (χ3n) is 4.59. The zero-order valence-corrected chi connectivity index (χ0v) is 16.5. The first-order chi connectivity index (χ1) is 15.1. The number of aromatic nitrogens is 4. The number of benzene rings is 2. The first-order valence-corrected chi connectivity index (χ1v) is 9.63. The molecule has 0 unspecified atom stereocenters. The van der Waals surface area contributed by atoms with Gasteiger partial charge < -0.3 is 10.6 Å². The Kier molecular flexibility index (Phi) is 6.02. The van der Waals surface area contributed by atoms with Gasteiger partial charge in [-0.05, 0) is 29.3 Å². The van der Waals surface area contributed by atoms with E-state index in [-0.39, 0.29) is 18.3 Å². The van der Waals surface area contributed by atoms with Gasteiger partial charge in [-0.25, -0.2) is 18.3 Å². The van der Waals surface area contributed by atoms with Gasteiger partial charge in [-0.15, -0.1) is 0 Å². The van der Waals surface area contributed by atoms with Crippen molar-refractivity contribution < 1.29 is 13.6 Å². The van der Waals surface area contributed by atoms with E-state index < -0.39 is 11.6 Å². The second-order valence-electron chi connectivity index (χ2n) is 6.95. The Hall–Kier alpha value is -4.01. The van der Waals surface area contributed by atoms with Crippen molar-refractivity contribution in [2.45, 2.75) is 19.6 Å². The second-order valence-corrected chi connectivity index (χ2v) is 6.95. The van der Waals surface area contributed by atoms with Crippen LogP contribution in [0.1, 0.15) is 16.7 Å². The van der Waals surface area contributed by atoms with Gasteiger partial charge in [0.1, 0.15) is 11.5 Å². The quantitative estimate of drug-likeness (QED) is 0.479. The summed E-state index contributed by atoms with van der Waals surface area (Å²) >= 11 is 0. The van der Waals surface area contributed by atoms with Crippen molar-refractivity contribution in [2.24, 2.45) is 0 Å². The van der Waals surface area contributed by atoms with Gasteiger partial charge in [0, 0.05) is 43.3 Å². The Labute approximate surface area is 177 Å². The van der Waals surface area contributed by atoms with Crippen LogP contribution in [0.15, 0.2) is 73.3 Å². The fourth-order valence-electron chi connectivity index (χ4n) is 3.10. The number of hydrogen-bond donors (Lipinski definition) is 2. The number of rotatable bonds is 7. The Morgan fingerprint density at radius 3 is 2.52 bits per heavy atom. The summed E-state index contributed by atoms with van der Waals surface area (Å²) in [6.45, 7) is 1.25. The van der Waals surface area contributed by atoms with Crippen molar-refractivity contribution in [2.75, 3.05) is 0 Å². The summed E-state index contributed by atoms with van der Waals surface area (Å²) in [6.07, 6.45) is 6.72. The van der Waals surface area contributed by atoms with E-state index in [1.165, 1.54) is 16.9 Å². The van der Waals surface area contributed by atoms with Crippen LogP contribution in [0.25, 0.3) is 5.69 Å². The molecule has 2 amide bonds. The maximum atomic E-state index is 13.9. The number of carbonyl (C=O) groups excluding carboxylic acids is 1. The smallest absolute Gasteiger partial charge is 0.315 e. The Balaban J connectivity index is 1.28. The van der Waals surface area contributed by atoms with Gasteiger partial charge in [-0.2, -0.15) is 10.2 Å². The molecule has 0 aliphatic carbocycles. The van der Waals surface area contributed by atoms with Crippen molar-refractivity contribution in [3.63, 3.8) is 0 Å². The average Bonchev–Trinajstić information content (AvgIpc) is 3.43. The van der Waals surface area contributed by atoms with Crippen LogP contribution >= 0.6 is 0 Å². The minimum absolute atomic E-state index is 0.132. The molecule has 9 heteroatoms. The fraction of sp³-hybridized carbons (Fsp3) is 0.136. The minimum Gasteiger partial charge on any atom is -0.334 e. The molecule has 0 atom stereocenters. The van der Waals surface area contributed by atoms with Crippen molar-refractivity contribution in [3.8, 4) is 5.69 Å². The van der Waals surface area contributed by atoms with Gasteiger partial charge >= 0.3 is 6.03 Å². The lowest BCUT2D eigenvalue weighted by atomic mass is 10.1. The van der Waals surface area contributed by atoms with Crippen molar-refractivity contribution in [3.05, 3.63) is 102 Å². The van der Waals surface area contributed by atoms with Crippen LogP contribution in [-0.2, 0) is 19.6 Å². The predicted molar refractivity (Wildman–Crippen MR) is 110 cm³/mol. The molecule has 158 valence electrons. The molecular weight excluding hydrogens is 402 g/mol. The van der Waals surface area contributed by atoms with E-state index in [0.717, 1.165) is 23.3 Å². The van der Waals surface area contributed by atoms with E-state index in [9.17, 15) is 13.6 Å². The van der Waals surface area contributed by atoms with Crippen LogP contribution in [0.4, 0.5) is 13.6 Å². The van der Waals surface area contributed by atoms with Crippen LogP contribution in [0, 0.1) is 11.6 Å². The summed E-state index contributed by atoms with van der Waals surface area (Å²) < 4.78 is 30.1. The molecule has 0 bridgehead atoms. The third-order valence-corrected chi connectivity index (χ3v) is 4.59. The van der Waals surface area contributed by atoms with Gasteiger partial charge in [0.2, 0.25) is 0 Å². The normalized spacial score (nSPS) is 10.8. The molecule has 0 spiro atoms. The van der Waals surface area contributed by atoms with E-state index >= 15 is 0 Å². The third kappa shape index (κ3) is 5.33. The van der Waals surface area contributed by atoms with Crippen molar-refractivity contribution in [1.82, 2.24) is 30.2 Å². The van der Waals surface area contributed by atoms with Crippen molar-refractivity contribution >= 4 is 6.03 Å². The fourth-order valence-corrected chi connectivity index (χ4v) is 3.10. The topological polar surface area (TPSA) is 76.8 Å². The molecule has 2 aromatic heterocycles. The second kappa shape index (κ2) is 9.21. The van der Waals surface area contributed by atoms with Crippen LogP contribution in [0.2, 0.25) is 0 Å². The summed E-state index contributed by atoms with van der Waals surface area (Å²) in [5, 5.41) is 13.8. The molecule has 0 aliphatic rings. The summed E-state index contributed by atoms with van der Waals surface area (Å²) in [5.74, 6) is -1.37. The Bertz CT molecular complexity index is 1170. The van der Waals surface area contributed by atoms with E-state index in [4.69, 9.17) is 0 Å². The monoisotopic (exact) mass is 422 g/mol. The van der Waals surface area contributed by atoms with Crippen LogP contribution in [0.3, 0.4) is 0 Å². The number of amides is 2. The summed E-state index contributed by atoms with van der Waals surface area (Å²) in [7, 11) is 0. The summed E-state index contributed by atoms with van der Waals surface area (Å²) in [4.78, 5) is 12.1. The van der Waals surface area contributed by atoms with Crippen LogP contribution < -0.4 is 10.6 Å². The Morgan fingerprint density at radius 1 is 0.935 bits per heavy atom. The number of hydrogen-bond acceptors (Lipinski definition) is 3. The molecule has 2 heterocycles. The molecule has 0 aliphatic heterocycles. The highest BCUT2D eigenvalue weighted by Crippen LogP contribution is 2.14. The lowest BCUT2D eigenvalue weighted by Gasteiger charge is -2.09. The van der Waals surface area contributed by atoms with Crippen molar-refractivity contribution in [1.29, 1.82) is 0 Å². The van der Waals surface area contributed by atoms with E-state index in [1.54, 1.807) is 12.4 Å². The van der Waals surface area contributed by atoms with Crippen LogP contribution in [0.5, 0.6) is 0 Å². The van der Waals surface area contributed by atoms with E-state index in [0.29, 0.717) is 18.7 Å². The number of urea groups is 1. The van der Waals surface area contributed by atoms with Gasteiger partial charge in [-0.3, -0.25) is 4.68 Å².